The summed E-state index contributed by atoms with van der Waals surface area (Å²) in [6.07, 6.45) is 3.75. The summed E-state index contributed by atoms with van der Waals surface area (Å²) in [5.74, 6) is 0. The molecule has 0 aliphatic heterocycles. The molecule has 0 saturated carbocycles. The predicted octanol–water partition coefficient (Wildman–Crippen LogP) is 4.85. The molecule has 5 heteroatoms. The monoisotopic (exact) mass is 333 g/mol. The normalized spacial score (nSPS) is 14.0. The van der Waals surface area contributed by atoms with Crippen LogP contribution in [0.3, 0.4) is 0 Å². The fraction of sp³-hybridized carbons (Fsp3) is 1.00. The van der Waals surface area contributed by atoms with E-state index in [9.17, 15) is 0 Å². The van der Waals surface area contributed by atoms with Gasteiger partial charge in [-0.3, -0.25) is 0 Å². The largest absolute Gasteiger partial charge is 0.398 e. The minimum atomic E-state index is -1.91. The molecule has 0 spiro atoms. The fourth-order valence-electron chi connectivity index (χ4n) is 2.37. The topological polar surface area (TPSA) is 21.7 Å². The lowest BCUT2D eigenvalue weighted by Gasteiger charge is -2.46. The molecule has 3 nitrogen and oxygen atoms in total. The van der Waals surface area contributed by atoms with Crippen LogP contribution in [0.5, 0.6) is 0 Å². The number of nitrogens with zero attached hydrogens (tertiary/aromatic N) is 1. The summed E-state index contributed by atoms with van der Waals surface area (Å²) in [4.78, 5) is 0. The highest BCUT2D eigenvalue weighted by atomic mass is 28.4. The zero-order valence-corrected chi connectivity index (χ0v) is 18.0. The summed E-state index contributed by atoms with van der Waals surface area (Å²) in [7, 11) is 0.247. The van der Waals surface area contributed by atoms with Crippen molar-refractivity contribution >= 4 is 16.8 Å². The van der Waals surface area contributed by atoms with Crippen LogP contribution in [0.25, 0.3) is 0 Å². The summed E-state index contributed by atoms with van der Waals surface area (Å²) >= 11 is 0. The van der Waals surface area contributed by atoms with Gasteiger partial charge in [-0.15, -0.1) is 0 Å². The molecule has 0 atom stereocenters. The first kappa shape index (κ1) is 21.3. The highest BCUT2D eigenvalue weighted by Gasteiger charge is 2.40. The Morgan fingerprint density at radius 2 is 1.38 bits per heavy atom. The van der Waals surface area contributed by atoms with Crippen LogP contribution in [-0.4, -0.2) is 48.7 Å². The third-order valence-electron chi connectivity index (χ3n) is 5.33. The molecule has 0 amide bonds. The maximum Gasteiger partial charge on any atom is 0.334 e. The highest BCUT2D eigenvalue weighted by molar-refractivity contribution is 6.77. The number of unbranched alkanes of at least 4 members (excludes halogenated alkanes) is 1. The van der Waals surface area contributed by atoms with E-state index in [0.717, 1.165) is 6.04 Å². The number of hydrogen-bond acceptors (Lipinski definition) is 3. The van der Waals surface area contributed by atoms with Gasteiger partial charge in [0.25, 0.3) is 0 Å². The van der Waals surface area contributed by atoms with Gasteiger partial charge >= 0.3 is 8.56 Å². The van der Waals surface area contributed by atoms with Crippen molar-refractivity contribution in [3.8, 4) is 0 Å². The van der Waals surface area contributed by atoms with Gasteiger partial charge in [-0.25, -0.2) is 0 Å². The molecule has 0 radical (unpaired) electrons. The third-order valence-corrected chi connectivity index (χ3v) is 14.0. The molecule has 0 aromatic rings. The summed E-state index contributed by atoms with van der Waals surface area (Å²) in [6.45, 7) is 19.1. The predicted molar refractivity (Wildman–Crippen MR) is 98.7 cm³/mol. The Bertz CT molecular complexity index is 286. The number of rotatable bonds is 10. The van der Waals surface area contributed by atoms with E-state index in [0.29, 0.717) is 5.04 Å². The zero-order chi connectivity index (χ0) is 16.7. The molecular weight excluding hydrogens is 294 g/mol. The molecule has 0 aromatic heterocycles. The molecule has 0 heterocycles. The first-order chi connectivity index (χ1) is 9.54. The molecule has 0 fully saturated rings. The van der Waals surface area contributed by atoms with Crippen LogP contribution in [0.4, 0.5) is 0 Å². The Labute approximate surface area is 135 Å². The Morgan fingerprint density at radius 1 is 0.905 bits per heavy atom. The van der Waals surface area contributed by atoms with E-state index in [2.05, 4.69) is 51.9 Å². The highest BCUT2D eigenvalue weighted by Crippen LogP contribution is 2.38. The van der Waals surface area contributed by atoms with E-state index in [-0.39, 0.29) is 0 Å². The molecule has 0 saturated heterocycles. The molecule has 0 aliphatic carbocycles. The zero-order valence-electron chi connectivity index (χ0n) is 16.0. The van der Waals surface area contributed by atoms with Crippen LogP contribution in [0, 0.1) is 0 Å². The van der Waals surface area contributed by atoms with Crippen LogP contribution in [0.1, 0.15) is 47.0 Å². The minimum Gasteiger partial charge on any atom is -0.398 e. The van der Waals surface area contributed by atoms with E-state index < -0.39 is 16.8 Å². The van der Waals surface area contributed by atoms with Gasteiger partial charge in [0.1, 0.15) is 8.24 Å². The molecule has 0 aliphatic rings. The Hall–Kier alpha value is 0.314. The lowest BCUT2D eigenvalue weighted by Crippen LogP contribution is -2.55. The summed E-state index contributed by atoms with van der Waals surface area (Å²) in [5.41, 5.74) is 0. The van der Waals surface area contributed by atoms with E-state index in [4.69, 9.17) is 8.85 Å². The quantitative estimate of drug-likeness (QED) is 0.533. The van der Waals surface area contributed by atoms with Crippen molar-refractivity contribution in [3.05, 3.63) is 0 Å². The first-order valence-corrected chi connectivity index (χ1v) is 13.9. The van der Waals surface area contributed by atoms with Gasteiger partial charge in [-0.05, 0) is 43.6 Å². The number of hydrogen-bond donors (Lipinski definition) is 0. The van der Waals surface area contributed by atoms with Crippen molar-refractivity contribution < 1.29 is 8.85 Å². The second kappa shape index (κ2) is 8.82. The Balaban J connectivity index is 4.72. The van der Waals surface area contributed by atoms with Gasteiger partial charge in [0, 0.05) is 14.2 Å². The second-order valence-corrected chi connectivity index (χ2v) is 16.6. The fourth-order valence-corrected chi connectivity index (χ4v) is 6.13. The van der Waals surface area contributed by atoms with Crippen molar-refractivity contribution in [2.24, 2.45) is 0 Å². The smallest absolute Gasteiger partial charge is 0.334 e. The maximum absolute atomic E-state index is 5.61. The van der Waals surface area contributed by atoms with Gasteiger partial charge in [-0.2, -0.15) is 0 Å². The molecule has 0 aromatic carbocycles. The van der Waals surface area contributed by atoms with Crippen molar-refractivity contribution in [3.63, 3.8) is 0 Å². The van der Waals surface area contributed by atoms with E-state index in [1.165, 1.54) is 32.4 Å². The lowest BCUT2D eigenvalue weighted by atomic mass is 10.2. The van der Waals surface area contributed by atoms with Crippen molar-refractivity contribution in [1.29, 1.82) is 0 Å². The molecule has 21 heavy (non-hydrogen) atoms. The third kappa shape index (κ3) is 6.52. The molecule has 128 valence electrons. The Morgan fingerprint density at radius 3 is 1.76 bits per heavy atom. The first-order valence-electron chi connectivity index (χ1n) is 8.39. The van der Waals surface area contributed by atoms with E-state index in [1.54, 1.807) is 14.2 Å². The molecule has 0 rings (SSSR count). The maximum atomic E-state index is 5.61. The van der Waals surface area contributed by atoms with E-state index >= 15 is 0 Å². The molecule has 0 bridgehead atoms. The van der Waals surface area contributed by atoms with Crippen molar-refractivity contribution in [2.45, 2.75) is 77.7 Å². The van der Waals surface area contributed by atoms with Crippen LogP contribution in [-0.2, 0) is 8.85 Å². The van der Waals surface area contributed by atoms with Gasteiger partial charge in [0.05, 0.1) is 0 Å². The second-order valence-electron chi connectivity index (χ2n) is 7.80. The van der Waals surface area contributed by atoms with Crippen LogP contribution < -0.4 is 0 Å². The standard InChI is InChI=1S/C16H39NO2Si2/c1-10-11-13-17(20(7,8)16(2,3)4)14-12-15-21(9,18-5)19-6/h10-15H2,1-9H3. The lowest BCUT2D eigenvalue weighted by molar-refractivity contribution is 0.246. The average Bonchev–Trinajstić information content (AvgIpc) is 2.40. The molecule has 0 unspecified atom stereocenters. The SMILES string of the molecule is CCCCN(CCC[Si](C)(OC)OC)[Si](C)(C)C(C)(C)C. The minimum absolute atomic E-state index is 0.407. The van der Waals surface area contributed by atoms with Gasteiger partial charge in [-0.1, -0.05) is 47.2 Å². The summed E-state index contributed by atoms with van der Waals surface area (Å²) in [5, 5.41) is 0.407. The van der Waals surface area contributed by atoms with Crippen molar-refractivity contribution in [1.82, 2.24) is 4.57 Å². The molecule has 0 N–H and O–H groups in total. The van der Waals surface area contributed by atoms with E-state index in [1.807, 2.05) is 0 Å². The summed E-state index contributed by atoms with van der Waals surface area (Å²) < 4.78 is 14.0. The van der Waals surface area contributed by atoms with Gasteiger partial charge < -0.3 is 13.4 Å². The van der Waals surface area contributed by atoms with Crippen molar-refractivity contribution in [2.75, 3.05) is 27.3 Å². The van der Waals surface area contributed by atoms with Gasteiger partial charge in [0.2, 0.25) is 0 Å². The van der Waals surface area contributed by atoms with Crippen LogP contribution in [0.15, 0.2) is 0 Å². The molecular formula is C16H39NO2Si2. The van der Waals surface area contributed by atoms with Crippen LogP contribution in [0.2, 0.25) is 30.7 Å². The average molecular weight is 334 g/mol. The van der Waals surface area contributed by atoms with Crippen LogP contribution >= 0.6 is 0 Å². The summed E-state index contributed by atoms with van der Waals surface area (Å²) in [6, 6.07) is 1.08. The Kier molecular flexibility index (Phi) is 8.95. The van der Waals surface area contributed by atoms with Gasteiger partial charge in [0.15, 0.2) is 0 Å².